The molecule has 17 nitrogen and oxygen atoms in total. The van der Waals surface area contributed by atoms with Crippen molar-refractivity contribution < 1.29 is 29.0 Å². The van der Waals surface area contributed by atoms with E-state index >= 15 is 0 Å². The van der Waals surface area contributed by atoms with Gasteiger partial charge in [-0.05, 0) is 117 Å². The molecule has 4 aromatic heterocycles. The van der Waals surface area contributed by atoms with Gasteiger partial charge in [-0.1, -0.05) is 13.8 Å². The average molecular weight is 948 g/mol. The third-order valence-corrected chi connectivity index (χ3v) is 15.6. The number of fused-ring (bicyclic) bond motifs is 4. The van der Waals surface area contributed by atoms with Crippen LogP contribution in [0.15, 0.2) is 67.1 Å². The van der Waals surface area contributed by atoms with Crippen LogP contribution >= 0.6 is 0 Å². The molecular formula is C53H61N11O6. The van der Waals surface area contributed by atoms with Crippen LogP contribution in [0.1, 0.15) is 96.6 Å². The van der Waals surface area contributed by atoms with Crippen molar-refractivity contribution in [3.05, 3.63) is 101 Å². The van der Waals surface area contributed by atoms with Crippen molar-refractivity contribution in [1.29, 1.82) is 0 Å². The highest BCUT2D eigenvalue weighted by molar-refractivity contribution is 6.07. The number of hydrogen-bond donors (Lipinski definition) is 3. The lowest BCUT2D eigenvalue weighted by molar-refractivity contribution is -0.136. The highest BCUT2D eigenvalue weighted by atomic mass is 16.5. The van der Waals surface area contributed by atoms with E-state index in [9.17, 15) is 24.3 Å². The molecule has 1 aliphatic carbocycles. The Morgan fingerprint density at radius 3 is 2.40 bits per heavy atom. The first-order valence-electron chi connectivity index (χ1n) is 24.7. The van der Waals surface area contributed by atoms with E-state index in [1.54, 1.807) is 29.3 Å². The quantitative estimate of drug-likeness (QED) is 0.145. The second-order valence-electron chi connectivity index (χ2n) is 20.8. The number of aliphatic hydroxyl groups excluding tert-OH is 1. The average Bonchev–Trinajstić information content (AvgIpc) is 3.97. The Morgan fingerprint density at radius 2 is 1.64 bits per heavy atom. The molecule has 1 unspecified atom stereocenters. The maximum atomic E-state index is 14.0. The Morgan fingerprint density at radius 1 is 0.814 bits per heavy atom. The van der Waals surface area contributed by atoms with Gasteiger partial charge < -0.3 is 34.4 Å². The Balaban J connectivity index is 0.720. The maximum absolute atomic E-state index is 14.0. The van der Waals surface area contributed by atoms with Crippen molar-refractivity contribution in [1.82, 2.24) is 34.6 Å². The molecule has 0 spiro atoms. The number of methoxy groups -OCH3 is 1. The molecule has 5 aliphatic heterocycles. The lowest BCUT2D eigenvalue weighted by atomic mass is 9.90. The molecule has 70 heavy (non-hydrogen) atoms. The molecule has 4 atom stereocenters. The van der Waals surface area contributed by atoms with Gasteiger partial charge in [0.15, 0.2) is 0 Å². The molecule has 3 N–H and O–H groups in total. The fourth-order valence-electron chi connectivity index (χ4n) is 12.2. The number of rotatable bonds is 10. The molecule has 5 aromatic rings. The number of ether oxygens (including phenoxy) is 1. The lowest BCUT2D eigenvalue weighted by Gasteiger charge is -2.48. The number of pyridine rings is 3. The Hall–Kier alpha value is -6.85. The molecule has 3 saturated heterocycles. The van der Waals surface area contributed by atoms with E-state index in [0.29, 0.717) is 78.2 Å². The molecule has 4 amide bonds. The maximum Gasteiger partial charge on any atom is 0.276 e. The summed E-state index contributed by atoms with van der Waals surface area (Å²) in [4.78, 5) is 76.6. The zero-order chi connectivity index (χ0) is 48.6. The Labute approximate surface area is 407 Å². The molecule has 1 aromatic carbocycles. The number of amides is 4. The highest BCUT2D eigenvalue weighted by Crippen LogP contribution is 2.41. The van der Waals surface area contributed by atoms with Crippen molar-refractivity contribution in [3.63, 3.8) is 0 Å². The Kier molecular flexibility index (Phi) is 11.6. The third-order valence-electron chi connectivity index (χ3n) is 15.6. The van der Waals surface area contributed by atoms with Gasteiger partial charge in [0.2, 0.25) is 17.7 Å². The number of imide groups is 1. The van der Waals surface area contributed by atoms with Crippen LogP contribution < -0.4 is 30.1 Å². The molecule has 6 aliphatic rings. The minimum absolute atomic E-state index is 0.108. The van der Waals surface area contributed by atoms with E-state index < -0.39 is 11.9 Å². The predicted octanol–water partition coefficient (Wildman–Crippen LogP) is 5.70. The third kappa shape index (κ3) is 8.11. The summed E-state index contributed by atoms with van der Waals surface area (Å²) in [6.45, 7) is 14.0. The first kappa shape index (κ1) is 45.6. The number of aliphatic hydroxyl groups is 1. The van der Waals surface area contributed by atoms with Gasteiger partial charge in [-0.2, -0.15) is 0 Å². The van der Waals surface area contributed by atoms with Crippen molar-refractivity contribution in [2.24, 2.45) is 5.41 Å². The second-order valence-corrected chi connectivity index (χ2v) is 20.8. The number of nitrogens with zero attached hydrogens (tertiary/aromatic N) is 9. The smallest absolute Gasteiger partial charge is 0.276 e. The van der Waals surface area contributed by atoms with E-state index in [1.165, 1.54) is 11.3 Å². The number of carbonyl (C=O) groups is 4. The molecule has 364 valence electrons. The highest BCUT2D eigenvalue weighted by Gasteiger charge is 2.41. The van der Waals surface area contributed by atoms with E-state index in [0.717, 1.165) is 79.9 Å². The van der Waals surface area contributed by atoms with E-state index in [-0.39, 0.29) is 42.2 Å². The lowest BCUT2D eigenvalue weighted by Crippen LogP contribution is -2.58. The van der Waals surface area contributed by atoms with Crippen LogP contribution in [0.5, 0.6) is 5.88 Å². The minimum Gasteiger partial charge on any atom is -0.480 e. The fourth-order valence-corrected chi connectivity index (χ4v) is 12.2. The minimum atomic E-state index is -0.620. The molecule has 9 heterocycles. The zero-order valence-corrected chi connectivity index (χ0v) is 40.6. The second kappa shape index (κ2) is 17.8. The van der Waals surface area contributed by atoms with Crippen LogP contribution in [0, 0.1) is 5.41 Å². The summed E-state index contributed by atoms with van der Waals surface area (Å²) < 4.78 is 7.86. The number of piperazine rings is 1. The Bertz CT molecular complexity index is 2920. The number of carbonyl (C=O) groups excluding carboxylic acids is 4. The number of benzene rings is 1. The summed E-state index contributed by atoms with van der Waals surface area (Å²) in [7, 11) is 1.58. The standard InChI is InChI=1S/C53H61N11O6/c1-31-20-36(13-15-60(31)37-6-8-40-35(21-37)29-64(51(40)68)43-9-11-47(66)58-49(43)67)59-16-17-61(32(2)28-59)38-7-10-46(55-27-38)57-42-22-34(26-56-50(42)70-5)39-12-14-54-48(41(39)30-65)63-19-18-62-44(52(63)69)23-33-24-53(3,4)25-45(33)62/h6-8,10,12,14,21-23,26-27,31-32,36,43,65H,9,11,13,15-20,24-25,28-30H2,1-5H3,(H,55,57)(H,58,66,67)/t31-,32-,36?,43-/m0/s1. The van der Waals surface area contributed by atoms with Crippen molar-refractivity contribution in [3.8, 4) is 17.0 Å². The van der Waals surface area contributed by atoms with Crippen LogP contribution in [0.2, 0.25) is 0 Å². The van der Waals surface area contributed by atoms with Crippen molar-refractivity contribution in [2.75, 3.05) is 59.9 Å². The van der Waals surface area contributed by atoms with Gasteiger partial charge in [0, 0.05) is 111 Å². The molecule has 0 saturated carbocycles. The normalized spacial score (nSPS) is 23.3. The predicted molar refractivity (Wildman–Crippen MR) is 265 cm³/mol. The number of hydrogen-bond acceptors (Lipinski definition) is 13. The molecule has 11 rings (SSSR count). The largest absolute Gasteiger partial charge is 0.480 e. The monoisotopic (exact) mass is 947 g/mol. The molecular weight excluding hydrogens is 887 g/mol. The summed E-state index contributed by atoms with van der Waals surface area (Å²) >= 11 is 0. The van der Waals surface area contributed by atoms with Gasteiger partial charge in [-0.25, -0.2) is 15.0 Å². The van der Waals surface area contributed by atoms with E-state index in [4.69, 9.17) is 9.72 Å². The summed E-state index contributed by atoms with van der Waals surface area (Å²) in [5, 5.41) is 16.6. The molecule has 0 radical (unpaired) electrons. The number of nitrogens with one attached hydrogen (secondary N) is 2. The SMILES string of the molecule is COc1ncc(-c2ccnc(N3CCn4c(cc5c4CC(C)(C)C5)C3=O)c2CO)cc1Nc1ccc(N2CCN(C3CCN(c4ccc5c(c4)CN([C@H]4CCC(=O)NC4=O)C5=O)[C@@H](C)C3)C[C@@H]2C)cn1. The zero-order valence-electron chi connectivity index (χ0n) is 40.6. The van der Waals surface area contributed by atoms with Crippen LogP contribution in [0.4, 0.5) is 28.7 Å². The van der Waals surface area contributed by atoms with Gasteiger partial charge in [-0.15, -0.1) is 0 Å². The van der Waals surface area contributed by atoms with Gasteiger partial charge in [0.25, 0.3) is 11.8 Å². The topological polar surface area (TPSA) is 182 Å². The molecule has 0 bridgehead atoms. The van der Waals surface area contributed by atoms with Gasteiger partial charge >= 0.3 is 0 Å². The van der Waals surface area contributed by atoms with Crippen LogP contribution in [0.25, 0.3) is 11.1 Å². The van der Waals surface area contributed by atoms with Crippen LogP contribution in [-0.4, -0.2) is 122 Å². The van der Waals surface area contributed by atoms with Crippen molar-refractivity contribution >= 4 is 52.3 Å². The molecule has 3 fully saturated rings. The number of aromatic nitrogens is 4. The van der Waals surface area contributed by atoms with Gasteiger partial charge in [0.05, 0.1) is 25.6 Å². The fraction of sp³-hybridized carbons (Fsp3) is 0.453. The van der Waals surface area contributed by atoms with E-state index in [2.05, 4.69) is 79.7 Å². The van der Waals surface area contributed by atoms with Crippen LogP contribution in [-0.2, 0) is 42.1 Å². The van der Waals surface area contributed by atoms with Crippen molar-refractivity contribution in [2.45, 2.75) is 110 Å². The van der Waals surface area contributed by atoms with Crippen LogP contribution in [0.3, 0.4) is 0 Å². The van der Waals surface area contributed by atoms with E-state index in [1.807, 2.05) is 42.6 Å². The molecule has 17 heteroatoms. The summed E-state index contributed by atoms with van der Waals surface area (Å²) in [6.07, 6.45) is 9.87. The first-order valence-corrected chi connectivity index (χ1v) is 24.7. The summed E-state index contributed by atoms with van der Waals surface area (Å²) in [6, 6.07) is 16.4. The summed E-state index contributed by atoms with van der Waals surface area (Å²) in [5.41, 5.74) is 9.71. The number of anilines is 5. The summed E-state index contributed by atoms with van der Waals surface area (Å²) in [5.74, 6) is 0.541. The number of piperidine rings is 2. The first-order chi connectivity index (χ1) is 33.8. The van der Waals surface area contributed by atoms with Gasteiger partial charge in [-0.3, -0.25) is 34.3 Å². The van der Waals surface area contributed by atoms with Gasteiger partial charge in [0.1, 0.15) is 29.1 Å².